The smallest absolute Gasteiger partial charge is 0.254 e. The van der Waals surface area contributed by atoms with Crippen LogP contribution in [0.15, 0.2) is 18.5 Å². The van der Waals surface area contributed by atoms with E-state index in [2.05, 4.69) is 39.5 Å². The molecule has 0 amide bonds. The molecule has 1 N–H and O–H groups in total. The summed E-state index contributed by atoms with van der Waals surface area (Å²) < 4.78 is 1.78. The van der Waals surface area contributed by atoms with E-state index in [0.717, 1.165) is 29.9 Å². The summed E-state index contributed by atoms with van der Waals surface area (Å²) in [6.07, 6.45) is 8.09. The Bertz CT molecular complexity index is 576. The lowest BCUT2D eigenvalue weighted by Gasteiger charge is -2.17. The molecular formula is C12H15N5. The Morgan fingerprint density at radius 2 is 2.06 bits per heavy atom. The molecule has 0 aromatic carbocycles. The van der Waals surface area contributed by atoms with Crippen molar-refractivity contribution in [3.8, 4) is 0 Å². The molecule has 0 saturated heterocycles. The predicted octanol–water partition coefficient (Wildman–Crippen LogP) is 1.87. The molecule has 2 aromatic rings. The number of aryl methyl sites for hydroxylation is 1. The van der Waals surface area contributed by atoms with Crippen molar-refractivity contribution in [2.24, 2.45) is 0 Å². The molecule has 5 heteroatoms. The van der Waals surface area contributed by atoms with E-state index >= 15 is 0 Å². The minimum atomic E-state index is 0.461. The van der Waals surface area contributed by atoms with Crippen LogP contribution < -0.4 is 5.32 Å². The zero-order valence-electron chi connectivity index (χ0n) is 10.0. The molecule has 0 radical (unpaired) electrons. The third-order valence-electron chi connectivity index (χ3n) is 3.26. The summed E-state index contributed by atoms with van der Waals surface area (Å²) in [7, 11) is 0. The van der Waals surface area contributed by atoms with Crippen molar-refractivity contribution in [3.05, 3.63) is 29.7 Å². The van der Waals surface area contributed by atoms with Crippen LogP contribution in [-0.4, -0.2) is 25.6 Å². The van der Waals surface area contributed by atoms with E-state index in [1.165, 1.54) is 0 Å². The highest BCUT2D eigenvalue weighted by atomic mass is 15.4. The number of rotatable bonds is 2. The second kappa shape index (κ2) is 3.84. The van der Waals surface area contributed by atoms with Crippen molar-refractivity contribution in [1.82, 2.24) is 19.6 Å². The van der Waals surface area contributed by atoms with E-state index in [4.69, 9.17) is 0 Å². The molecule has 1 aliphatic rings. The van der Waals surface area contributed by atoms with Gasteiger partial charge in [-0.1, -0.05) is 12.2 Å². The van der Waals surface area contributed by atoms with Gasteiger partial charge in [0.15, 0.2) is 0 Å². The van der Waals surface area contributed by atoms with Crippen molar-refractivity contribution in [2.75, 3.05) is 5.32 Å². The molecule has 0 bridgehead atoms. The summed E-state index contributed by atoms with van der Waals surface area (Å²) >= 11 is 0. The second-order valence-corrected chi connectivity index (χ2v) is 4.43. The maximum atomic E-state index is 4.40. The van der Waals surface area contributed by atoms with Gasteiger partial charge in [-0.2, -0.15) is 14.6 Å². The molecule has 0 unspecified atom stereocenters. The molecule has 0 atom stereocenters. The molecule has 2 aromatic heterocycles. The summed E-state index contributed by atoms with van der Waals surface area (Å²) in [6, 6.07) is 0.461. The highest BCUT2D eigenvalue weighted by Crippen LogP contribution is 2.22. The van der Waals surface area contributed by atoms with Crippen LogP contribution in [0.3, 0.4) is 0 Å². The average Bonchev–Trinajstić information content (AvgIpc) is 2.94. The fraction of sp³-hybridized carbons (Fsp3) is 0.417. The third-order valence-corrected chi connectivity index (χ3v) is 3.26. The molecule has 0 spiro atoms. The number of anilines is 1. The van der Waals surface area contributed by atoms with E-state index in [1.807, 2.05) is 6.92 Å². The van der Waals surface area contributed by atoms with Crippen molar-refractivity contribution in [1.29, 1.82) is 0 Å². The third kappa shape index (κ3) is 1.67. The number of fused-ring (bicyclic) bond motifs is 1. The summed E-state index contributed by atoms with van der Waals surface area (Å²) in [5, 5.41) is 7.76. The maximum absolute atomic E-state index is 4.40. The van der Waals surface area contributed by atoms with Crippen molar-refractivity contribution in [3.63, 3.8) is 0 Å². The molecule has 3 rings (SSSR count). The van der Waals surface area contributed by atoms with Crippen LogP contribution in [0.2, 0.25) is 0 Å². The van der Waals surface area contributed by atoms with E-state index in [-0.39, 0.29) is 0 Å². The minimum Gasteiger partial charge on any atom is -0.366 e. The van der Waals surface area contributed by atoms with Gasteiger partial charge in [0.2, 0.25) is 0 Å². The second-order valence-electron chi connectivity index (χ2n) is 4.43. The number of hydrogen-bond donors (Lipinski definition) is 1. The summed E-state index contributed by atoms with van der Waals surface area (Å²) in [5.41, 5.74) is 2.13. The first-order valence-corrected chi connectivity index (χ1v) is 5.84. The first-order valence-electron chi connectivity index (χ1n) is 5.84. The van der Waals surface area contributed by atoms with Gasteiger partial charge in [0, 0.05) is 17.3 Å². The fourth-order valence-corrected chi connectivity index (χ4v) is 2.13. The molecule has 17 heavy (non-hydrogen) atoms. The molecule has 0 saturated carbocycles. The Labute approximate surface area is 99.6 Å². The van der Waals surface area contributed by atoms with Crippen LogP contribution in [0.5, 0.6) is 0 Å². The Morgan fingerprint density at radius 1 is 1.29 bits per heavy atom. The standard InChI is InChI=1S/C12H15N5/c1-8-9(2)15-12-13-7-14-17(12)11(8)16-10-5-3-4-6-10/h3-4,7,10,16H,5-6H2,1-2H3. The quantitative estimate of drug-likeness (QED) is 0.799. The number of aromatic nitrogens is 4. The first-order chi connectivity index (χ1) is 8.25. The summed E-state index contributed by atoms with van der Waals surface area (Å²) in [6.45, 7) is 4.07. The van der Waals surface area contributed by atoms with Crippen LogP contribution >= 0.6 is 0 Å². The summed E-state index contributed by atoms with van der Waals surface area (Å²) in [4.78, 5) is 8.55. The van der Waals surface area contributed by atoms with E-state index in [9.17, 15) is 0 Å². The molecule has 88 valence electrons. The van der Waals surface area contributed by atoms with Gasteiger partial charge in [-0.05, 0) is 26.7 Å². The van der Waals surface area contributed by atoms with Crippen LogP contribution in [-0.2, 0) is 0 Å². The number of nitrogens with zero attached hydrogens (tertiary/aromatic N) is 4. The highest BCUT2D eigenvalue weighted by molar-refractivity contribution is 5.52. The number of nitrogens with one attached hydrogen (secondary N) is 1. The molecule has 2 heterocycles. The Hall–Kier alpha value is -1.91. The number of hydrogen-bond acceptors (Lipinski definition) is 4. The lowest BCUT2D eigenvalue weighted by atomic mass is 10.2. The normalized spacial score (nSPS) is 15.9. The van der Waals surface area contributed by atoms with Gasteiger partial charge in [0.05, 0.1) is 0 Å². The molecule has 0 fully saturated rings. The maximum Gasteiger partial charge on any atom is 0.254 e. The van der Waals surface area contributed by atoms with Gasteiger partial charge in [0.25, 0.3) is 5.78 Å². The van der Waals surface area contributed by atoms with Gasteiger partial charge in [0.1, 0.15) is 12.1 Å². The van der Waals surface area contributed by atoms with Gasteiger partial charge in [-0.3, -0.25) is 0 Å². The molecule has 5 nitrogen and oxygen atoms in total. The van der Waals surface area contributed by atoms with Crippen molar-refractivity contribution in [2.45, 2.75) is 32.7 Å². The zero-order chi connectivity index (χ0) is 11.8. The lowest BCUT2D eigenvalue weighted by molar-refractivity contribution is 0.763. The summed E-state index contributed by atoms with van der Waals surface area (Å²) in [5.74, 6) is 1.67. The Kier molecular flexibility index (Phi) is 2.31. The Morgan fingerprint density at radius 3 is 2.82 bits per heavy atom. The van der Waals surface area contributed by atoms with E-state index in [1.54, 1.807) is 10.8 Å². The molecular weight excluding hydrogens is 214 g/mol. The van der Waals surface area contributed by atoms with Crippen LogP contribution in [0, 0.1) is 13.8 Å². The van der Waals surface area contributed by atoms with Crippen LogP contribution in [0.1, 0.15) is 24.1 Å². The highest BCUT2D eigenvalue weighted by Gasteiger charge is 2.16. The zero-order valence-corrected chi connectivity index (χ0v) is 10.0. The van der Waals surface area contributed by atoms with Crippen LogP contribution in [0.4, 0.5) is 5.82 Å². The van der Waals surface area contributed by atoms with Crippen molar-refractivity contribution >= 4 is 11.6 Å². The van der Waals surface area contributed by atoms with Crippen LogP contribution in [0.25, 0.3) is 5.78 Å². The molecule has 1 aliphatic carbocycles. The lowest BCUT2D eigenvalue weighted by Crippen LogP contribution is -2.19. The SMILES string of the molecule is Cc1nc2ncnn2c(NC2CC=CC2)c1C. The van der Waals surface area contributed by atoms with Gasteiger partial charge >= 0.3 is 0 Å². The monoisotopic (exact) mass is 229 g/mol. The first kappa shape index (κ1) is 10.3. The van der Waals surface area contributed by atoms with Crippen molar-refractivity contribution < 1.29 is 0 Å². The average molecular weight is 229 g/mol. The van der Waals surface area contributed by atoms with Gasteiger partial charge < -0.3 is 5.32 Å². The van der Waals surface area contributed by atoms with E-state index in [0.29, 0.717) is 11.8 Å². The van der Waals surface area contributed by atoms with Gasteiger partial charge in [-0.15, -0.1) is 0 Å². The largest absolute Gasteiger partial charge is 0.366 e. The topological polar surface area (TPSA) is 55.1 Å². The Balaban J connectivity index is 2.06. The van der Waals surface area contributed by atoms with E-state index < -0.39 is 0 Å². The van der Waals surface area contributed by atoms with Gasteiger partial charge in [-0.25, -0.2) is 4.98 Å². The fourth-order valence-electron chi connectivity index (χ4n) is 2.13. The minimum absolute atomic E-state index is 0.461. The predicted molar refractivity (Wildman–Crippen MR) is 66.0 cm³/mol. The molecule has 0 aliphatic heterocycles.